The summed E-state index contributed by atoms with van der Waals surface area (Å²) >= 11 is 0. The van der Waals surface area contributed by atoms with Crippen LogP contribution in [0, 0.1) is 11.3 Å². The van der Waals surface area contributed by atoms with E-state index in [-0.39, 0.29) is 17.7 Å². The van der Waals surface area contributed by atoms with E-state index in [4.69, 9.17) is 5.73 Å². The standard InChI is InChI=1S/C14H22N2O2/c15-12(18)14(5-3-1-2-4-6-14)16-11(17)10-9-13(10)7-8-13/h10H,1-9H2,(H2,15,18)(H,16,17). The molecule has 4 heteroatoms. The van der Waals surface area contributed by atoms with Gasteiger partial charge in [-0.1, -0.05) is 25.7 Å². The van der Waals surface area contributed by atoms with E-state index >= 15 is 0 Å². The molecule has 100 valence electrons. The Labute approximate surface area is 108 Å². The summed E-state index contributed by atoms with van der Waals surface area (Å²) in [5.41, 5.74) is 5.15. The maximum Gasteiger partial charge on any atom is 0.243 e. The van der Waals surface area contributed by atoms with Gasteiger partial charge in [-0.15, -0.1) is 0 Å². The molecule has 0 aromatic heterocycles. The van der Waals surface area contributed by atoms with Crippen LogP contribution < -0.4 is 11.1 Å². The van der Waals surface area contributed by atoms with Crippen LogP contribution in [0.1, 0.15) is 57.8 Å². The van der Waals surface area contributed by atoms with Gasteiger partial charge in [0.15, 0.2) is 0 Å². The van der Waals surface area contributed by atoms with E-state index < -0.39 is 5.54 Å². The van der Waals surface area contributed by atoms with E-state index in [1.54, 1.807) is 0 Å². The number of rotatable bonds is 3. The van der Waals surface area contributed by atoms with Crippen molar-refractivity contribution in [3.63, 3.8) is 0 Å². The van der Waals surface area contributed by atoms with Crippen molar-refractivity contribution in [2.24, 2.45) is 17.1 Å². The first kappa shape index (κ1) is 12.0. The number of nitrogens with two attached hydrogens (primary N) is 1. The second-order valence-corrected chi connectivity index (χ2v) is 6.47. The molecule has 1 spiro atoms. The van der Waals surface area contributed by atoms with Crippen molar-refractivity contribution in [2.75, 3.05) is 0 Å². The fraction of sp³-hybridized carbons (Fsp3) is 0.857. The monoisotopic (exact) mass is 250 g/mol. The van der Waals surface area contributed by atoms with Crippen molar-refractivity contribution in [1.82, 2.24) is 5.32 Å². The van der Waals surface area contributed by atoms with Gasteiger partial charge < -0.3 is 11.1 Å². The molecule has 0 radical (unpaired) electrons. The number of amides is 2. The highest BCUT2D eigenvalue weighted by Crippen LogP contribution is 2.70. The molecule has 3 N–H and O–H groups in total. The molecule has 3 aliphatic rings. The van der Waals surface area contributed by atoms with Gasteiger partial charge in [-0.05, 0) is 37.5 Å². The highest BCUT2D eigenvalue weighted by Gasteiger charge is 2.66. The topological polar surface area (TPSA) is 72.2 Å². The average Bonchev–Trinajstić information content (AvgIpc) is 3.22. The molecule has 0 aromatic carbocycles. The molecule has 3 aliphatic carbocycles. The molecule has 18 heavy (non-hydrogen) atoms. The second kappa shape index (κ2) is 3.97. The van der Waals surface area contributed by atoms with E-state index in [9.17, 15) is 9.59 Å². The van der Waals surface area contributed by atoms with Crippen LogP contribution in [-0.4, -0.2) is 17.4 Å². The highest BCUT2D eigenvalue weighted by molar-refractivity contribution is 5.92. The molecule has 0 aromatic rings. The maximum absolute atomic E-state index is 12.2. The minimum atomic E-state index is -0.758. The zero-order valence-electron chi connectivity index (χ0n) is 10.8. The lowest BCUT2D eigenvalue weighted by atomic mass is 9.89. The molecular formula is C14H22N2O2. The lowest BCUT2D eigenvalue weighted by Gasteiger charge is -2.30. The zero-order chi connectivity index (χ0) is 12.8. The van der Waals surface area contributed by atoms with Crippen LogP contribution in [-0.2, 0) is 9.59 Å². The molecule has 0 heterocycles. The Hall–Kier alpha value is -1.06. The summed E-state index contributed by atoms with van der Waals surface area (Å²) in [6.07, 6.45) is 9.08. The van der Waals surface area contributed by atoms with E-state index in [1.165, 1.54) is 12.8 Å². The molecule has 2 amide bonds. The van der Waals surface area contributed by atoms with Gasteiger partial charge in [-0.3, -0.25) is 9.59 Å². The summed E-state index contributed by atoms with van der Waals surface area (Å²) in [5, 5.41) is 3.02. The van der Waals surface area contributed by atoms with E-state index in [1.807, 2.05) is 0 Å². The third-order valence-corrected chi connectivity index (χ3v) is 5.19. The fourth-order valence-electron chi connectivity index (χ4n) is 3.52. The zero-order valence-corrected chi connectivity index (χ0v) is 10.8. The lowest BCUT2D eigenvalue weighted by Crippen LogP contribution is -2.57. The number of nitrogens with one attached hydrogen (secondary N) is 1. The van der Waals surface area contributed by atoms with E-state index in [0.29, 0.717) is 18.3 Å². The summed E-state index contributed by atoms with van der Waals surface area (Å²) < 4.78 is 0. The Morgan fingerprint density at radius 2 is 1.61 bits per heavy atom. The third-order valence-electron chi connectivity index (χ3n) is 5.19. The molecular weight excluding hydrogens is 228 g/mol. The van der Waals surface area contributed by atoms with Gasteiger partial charge >= 0.3 is 0 Å². The first-order chi connectivity index (χ1) is 8.58. The van der Waals surface area contributed by atoms with Gasteiger partial charge in [0.05, 0.1) is 0 Å². The van der Waals surface area contributed by atoms with E-state index in [2.05, 4.69) is 5.32 Å². The van der Waals surface area contributed by atoms with Crippen molar-refractivity contribution in [3.05, 3.63) is 0 Å². The van der Waals surface area contributed by atoms with Crippen LogP contribution >= 0.6 is 0 Å². The van der Waals surface area contributed by atoms with E-state index in [0.717, 1.165) is 32.1 Å². The van der Waals surface area contributed by atoms with Gasteiger partial charge in [0.1, 0.15) is 5.54 Å². The summed E-state index contributed by atoms with van der Waals surface area (Å²) in [6, 6.07) is 0. The fourth-order valence-corrected chi connectivity index (χ4v) is 3.52. The predicted octanol–water partition coefficient (Wildman–Crippen LogP) is 1.48. The number of carbonyl (C=O) groups is 2. The predicted molar refractivity (Wildman–Crippen MR) is 67.5 cm³/mol. The molecule has 4 nitrogen and oxygen atoms in total. The summed E-state index contributed by atoms with van der Waals surface area (Å²) in [4.78, 5) is 24.0. The number of primary amides is 1. The van der Waals surface area contributed by atoms with Crippen molar-refractivity contribution >= 4 is 11.8 Å². The average molecular weight is 250 g/mol. The minimum absolute atomic E-state index is 0.0770. The molecule has 0 aliphatic heterocycles. The molecule has 3 rings (SSSR count). The molecule has 0 bridgehead atoms. The van der Waals surface area contributed by atoms with Gasteiger partial charge in [0.2, 0.25) is 11.8 Å². The van der Waals surface area contributed by atoms with Crippen LogP contribution in [0.3, 0.4) is 0 Å². The quantitative estimate of drug-likeness (QED) is 0.745. The van der Waals surface area contributed by atoms with Gasteiger partial charge in [-0.2, -0.15) is 0 Å². The van der Waals surface area contributed by atoms with Crippen molar-refractivity contribution in [2.45, 2.75) is 63.3 Å². The SMILES string of the molecule is NC(=O)C1(NC(=O)C2CC23CC3)CCCCCC1. The Morgan fingerprint density at radius 1 is 1.00 bits per heavy atom. The third kappa shape index (κ3) is 1.91. The number of hydrogen-bond acceptors (Lipinski definition) is 2. The van der Waals surface area contributed by atoms with Gasteiger partial charge in [-0.25, -0.2) is 0 Å². The Bertz CT molecular complexity index is 379. The summed E-state index contributed by atoms with van der Waals surface area (Å²) in [5.74, 6) is -0.103. The molecule has 0 saturated heterocycles. The first-order valence-corrected chi connectivity index (χ1v) is 7.20. The number of carbonyl (C=O) groups excluding carboxylic acids is 2. The van der Waals surface area contributed by atoms with Gasteiger partial charge in [0, 0.05) is 5.92 Å². The van der Waals surface area contributed by atoms with Crippen molar-refractivity contribution < 1.29 is 9.59 Å². The number of hydrogen-bond donors (Lipinski definition) is 2. The van der Waals surface area contributed by atoms with Crippen LogP contribution in [0.15, 0.2) is 0 Å². The van der Waals surface area contributed by atoms with Crippen LogP contribution in [0.2, 0.25) is 0 Å². The molecule has 1 atom stereocenters. The van der Waals surface area contributed by atoms with Crippen LogP contribution in [0.4, 0.5) is 0 Å². The second-order valence-electron chi connectivity index (χ2n) is 6.47. The normalized spacial score (nSPS) is 31.4. The molecule has 3 saturated carbocycles. The first-order valence-electron chi connectivity index (χ1n) is 7.20. The molecule has 3 fully saturated rings. The highest BCUT2D eigenvalue weighted by atomic mass is 16.2. The minimum Gasteiger partial charge on any atom is -0.368 e. The largest absolute Gasteiger partial charge is 0.368 e. The maximum atomic E-state index is 12.2. The molecule has 1 unspecified atom stereocenters. The smallest absolute Gasteiger partial charge is 0.243 e. The van der Waals surface area contributed by atoms with Crippen LogP contribution in [0.25, 0.3) is 0 Å². The van der Waals surface area contributed by atoms with Gasteiger partial charge in [0.25, 0.3) is 0 Å². The van der Waals surface area contributed by atoms with Crippen molar-refractivity contribution in [1.29, 1.82) is 0 Å². The Balaban J connectivity index is 1.69. The Morgan fingerprint density at radius 3 is 2.06 bits per heavy atom. The summed E-state index contributed by atoms with van der Waals surface area (Å²) in [6.45, 7) is 0. The summed E-state index contributed by atoms with van der Waals surface area (Å²) in [7, 11) is 0. The van der Waals surface area contributed by atoms with Crippen molar-refractivity contribution in [3.8, 4) is 0 Å². The Kier molecular flexibility index (Phi) is 2.65. The van der Waals surface area contributed by atoms with Crippen LogP contribution in [0.5, 0.6) is 0 Å². The lowest BCUT2D eigenvalue weighted by molar-refractivity contribution is -0.133.